The van der Waals surface area contributed by atoms with E-state index in [1.54, 1.807) is 0 Å². The van der Waals surface area contributed by atoms with Crippen LogP contribution in [0, 0.1) is 11.8 Å². The van der Waals surface area contributed by atoms with Crippen molar-refractivity contribution in [3.8, 4) is 0 Å². The minimum absolute atomic E-state index is 0.237. The van der Waals surface area contributed by atoms with Crippen molar-refractivity contribution in [2.24, 2.45) is 17.7 Å². The van der Waals surface area contributed by atoms with Crippen LogP contribution < -0.4 is 11.3 Å². The van der Waals surface area contributed by atoms with Crippen molar-refractivity contribution in [1.29, 1.82) is 0 Å². The van der Waals surface area contributed by atoms with Crippen LogP contribution >= 0.6 is 0 Å². The lowest BCUT2D eigenvalue weighted by Gasteiger charge is -2.33. The fourth-order valence-corrected chi connectivity index (χ4v) is 4.20. The number of ether oxygens (including phenoxy) is 1. The van der Waals surface area contributed by atoms with E-state index in [0.29, 0.717) is 23.9 Å². The molecular formula is C16H25N3O. The summed E-state index contributed by atoms with van der Waals surface area (Å²) in [6.45, 7) is 6.61. The lowest BCUT2D eigenvalue weighted by molar-refractivity contribution is 0.0462. The first-order valence-corrected chi connectivity index (χ1v) is 7.69. The molecule has 4 heteroatoms. The van der Waals surface area contributed by atoms with Crippen LogP contribution in [0.3, 0.4) is 0 Å². The largest absolute Gasteiger partial charge is 0.375 e. The maximum Gasteiger partial charge on any atom is 0.0598 e. The summed E-state index contributed by atoms with van der Waals surface area (Å²) in [6.07, 6.45) is 4.68. The highest BCUT2D eigenvalue weighted by Gasteiger charge is 2.45. The number of nitrogens with zero attached hydrogens (tertiary/aromatic N) is 1. The highest BCUT2D eigenvalue weighted by Crippen LogP contribution is 2.42. The van der Waals surface area contributed by atoms with Crippen LogP contribution in [-0.2, 0) is 11.2 Å². The smallest absolute Gasteiger partial charge is 0.0598 e. The summed E-state index contributed by atoms with van der Waals surface area (Å²) in [4.78, 5) is 4.61. The molecule has 20 heavy (non-hydrogen) atoms. The van der Waals surface area contributed by atoms with Gasteiger partial charge in [0.15, 0.2) is 0 Å². The molecule has 3 N–H and O–H groups in total. The summed E-state index contributed by atoms with van der Waals surface area (Å²) in [5.74, 6) is 7.28. The van der Waals surface area contributed by atoms with Gasteiger partial charge in [-0.05, 0) is 44.2 Å². The summed E-state index contributed by atoms with van der Waals surface area (Å²) in [5, 5.41) is 0. The number of aromatic nitrogens is 1. The van der Waals surface area contributed by atoms with Crippen LogP contribution in [0.2, 0.25) is 0 Å². The van der Waals surface area contributed by atoms with E-state index >= 15 is 0 Å². The predicted octanol–water partition coefficient (Wildman–Crippen LogP) is 2.00. The quantitative estimate of drug-likeness (QED) is 0.654. The second-order valence-electron chi connectivity index (χ2n) is 6.37. The SMILES string of the molecule is CC1OC(C)C(C(NN)C2CCc3cccnc32)C1C. The Labute approximate surface area is 121 Å². The molecule has 0 saturated carbocycles. The van der Waals surface area contributed by atoms with Gasteiger partial charge < -0.3 is 4.74 Å². The summed E-state index contributed by atoms with van der Waals surface area (Å²) < 4.78 is 6.00. The van der Waals surface area contributed by atoms with Crippen molar-refractivity contribution in [2.45, 2.75) is 57.8 Å². The highest BCUT2D eigenvalue weighted by molar-refractivity contribution is 5.30. The van der Waals surface area contributed by atoms with Gasteiger partial charge in [-0.2, -0.15) is 0 Å². The molecule has 1 aromatic rings. The van der Waals surface area contributed by atoms with E-state index < -0.39 is 0 Å². The zero-order valence-electron chi connectivity index (χ0n) is 12.5. The molecular weight excluding hydrogens is 250 g/mol. The standard InChI is InChI=1S/C16H25N3O/c1-9-10(2)20-11(3)14(9)16(19-17)13-7-6-12-5-4-8-18-15(12)13/h4-5,8-11,13-14,16,19H,6-7,17H2,1-3H3. The third-order valence-corrected chi connectivity index (χ3v) is 5.36. The Morgan fingerprint density at radius 1 is 1.35 bits per heavy atom. The Kier molecular flexibility index (Phi) is 3.80. The van der Waals surface area contributed by atoms with Crippen molar-refractivity contribution in [3.63, 3.8) is 0 Å². The number of fused-ring (bicyclic) bond motifs is 1. The van der Waals surface area contributed by atoms with Gasteiger partial charge in [0.2, 0.25) is 0 Å². The molecule has 2 heterocycles. The van der Waals surface area contributed by atoms with E-state index in [1.807, 2.05) is 12.3 Å². The molecule has 1 aliphatic heterocycles. The van der Waals surface area contributed by atoms with E-state index in [4.69, 9.17) is 10.6 Å². The third kappa shape index (κ3) is 2.16. The second kappa shape index (κ2) is 5.43. The fourth-order valence-electron chi connectivity index (χ4n) is 4.20. The molecule has 0 radical (unpaired) electrons. The van der Waals surface area contributed by atoms with Crippen molar-refractivity contribution in [3.05, 3.63) is 29.6 Å². The molecule has 0 aromatic carbocycles. The molecule has 1 saturated heterocycles. The first-order valence-electron chi connectivity index (χ1n) is 7.69. The maximum atomic E-state index is 6.00. The van der Waals surface area contributed by atoms with Gasteiger partial charge in [-0.25, -0.2) is 0 Å². The number of hydrogen-bond acceptors (Lipinski definition) is 4. The minimum atomic E-state index is 0.237. The molecule has 0 spiro atoms. The van der Waals surface area contributed by atoms with Crippen molar-refractivity contribution in [2.75, 3.05) is 0 Å². The van der Waals surface area contributed by atoms with Crippen LogP contribution in [0.15, 0.2) is 18.3 Å². The molecule has 6 atom stereocenters. The monoisotopic (exact) mass is 275 g/mol. The molecule has 110 valence electrons. The number of pyridine rings is 1. The zero-order valence-corrected chi connectivity index (χ0v) is 12.5. The normalized spacial score (nSPS) is 37.9. The van der Waals surface area contributed by atoms with Crippen LogP contribution in [-0.4, -0.2) is 23.2 Å². The van der Waals surface area contributed by atoms with E-state index in [2.05, 4.69) is 37.2 Å². The highest BCUT2D eigenvalue weighted by atomic mass is 16.5. The summed E-state index contributed by atoms with van der Waals surface area (Å²) in [7, 11) is 0. The van der Waals surface area contributed by atoms with Crippen LogP contribution in [0.4, 0.5) is 0 Å². The molecule has 1 aliphatic carbocycles. The first-order chi connectivity index (χ1) is 9.63. The summed E-state index contributed by atoms with van der Waals surface area (Å²) >= 11 is 0. The van der Waals surface area contributed by atoms with Gasteiger partial charge in [-0.1, -0.05) is 13.0 Å². The van der Waals surface area contributed by atoms with E-state index in [0.717, 1.165) is 12.8 Å². The lowest BCUT2D eigenvalue weighted by Crippen LogP contribution is -2.48. The van der Waals surface area contributed by atoms with E-state index in [1.165, 1.54) is 11.3 Å². The zero-order chi connectivity index (χ0) is 14.3. The number of nitrogens with two attached hydrogens (primary N) is 1. The second-order valence-corrected chi connectivity index (χ2v) is 6.37. The number of hydrazine groups is 1. The number of hydrogen-bond donors (Lipinski definition) is 2. The molecule has 0 amide bonds. The van der Waals surface area contributed by atoms with E-state index in [-0.39, 0.29) is 12.1 Å². The summed E-state index contributed by atoms with van der Waals surface area (Å²) in [6, 6.07) is 4.45. The predicted molar refractivity (Wildman–Crippen MR) is 79.1 cm³/mol. The van der Waals surface area contributed by atoms with Crippen LogP contribution in [0.5, 0.6) is 0 Å². The molecule has 1 aromatic heterocycles. The van der Waals surface area contributed by atoms with Gasteiger partial charge >= 0.3 is 0 Å². The Balaban J connectivity index is 1.88. The van der Waals surface area contributed by atoms with Gasteiger partial charge in [0, 0.05) is 29.8 Å². The number of nitrogens with one attached hydrogen (secondary N) is 1. The molecule has 2 aliphatic rings. The molecule has 3 rings (SSSR count). The number of aryl methyl sites for hydroxylation is 1. The lowest BCUT2D eigenvalue weighted by atomic mass is 9.77. The minimum Gasteiger partial charge on any atom is -0.375 e. The van der Waals surface area contributed by atoms with Crippen LogP contribution in [0.1, 0.15) is 44.4 Å². The van der Waals surface area contributed by atoms with Gasteiger partial charge in [-0.3, -0.25) is 16.3 Å². The van der Waals surface area contributed by atoms with E-state index in [9.17, 15) is 0 Å². The van der Waals surface area contributed by atoms with Gasteiger partial charge in [0.25, 0.3) is 0 Å². The van der Waals surface area contributed by atoms with Gasteiger partial charge in [-0.15, -0.1) is 0 Å². The van der Waals surface area contributed by atoms with Gasteiger partial charge in [0.05, 0.1) is 12.2 Å². The average molecular weight is 275 g/mol. The van der Waals surface area contributed by atoms with Crippen molar-refractivity contribution in [1.82, 2.24) is 10.4 Å². The molecule has 4 nitrogen and oxygen atoms in total. The van der Waals surface area contributed by atoms with Crippen molar-refractivity contribution < 1.29 is 4.74 Å². The molecule has 1 fully saturated rings. The summed E-state index contributed by atoms with van der Waals surface area (Å²) in [5.41, 5.74) is 5.70. The molecule has 0 bridgehead atoms. The fraction of sp³-hybridized carbons (Fsp3) is 0.688. The maximum absolute atomic E-state index is 6.00. The Morgan fingerprint density at radius 2 is 2.15 bits per heavy atom. The Hall–Kier alpha value is -0.970. The van der Waals surface area contributed by atoms with Gasteiger partial charge in [0.1, 0.15) is 0 Å². The number of rotatable bonds is 3. The topological polar surface area (TPSA) is 60.2 Å². The Morgan fingerprint density at radius 3 is 2.80 bits per heavy atom. The average Bonchev–Trinajstić information content (AvgIpc) is 2.97. The first kappa shape index (κ1) is 14.0. The van der Waals surface area contributed by atoms with Crippen LogP contribution in [0.25, 0.3) is 0 Å². The molecule has 6 unspecified atom stereocenters. The Bertz CT molecular complexity index is 479. The van der Waals surface area contributed by atoms with Crippen molar-refractivity contribution >= 4 is 0 Å². The third-order valence-electron chi connectivity index (χ3n) is 5.36.